The van der Waals surface area contributed by atoms with Crippen molar-refractivity contribution in [2.24, 2.45) is 0 Å². The molecule has 0 saturated carbocycles. The number of anilines is 3. The fourth-order valence-electron chi connectivity index (χ4n) is 2.32. The Morgan fingerprint density at radius 2 is 1.74 bits per heavy atom. The van der Waals surface area contributed by atoms with Crippen LogP contribution in [0.1, 0.15) is 6.92 Å². The van der Waals surface area contributed by atoms with Gasteiger partial charge in [-0.05, 0) is 49.4 Å². The highest BCUT2D eigenvalue weighted by Crippen LogP contribution is 2.39. The summed E-state index contributed by atoms with van der Waals surface area (Å²) in [7, 11) is 0. The lowest BCUT2D eigenvalue weighted by molar-refractivity contribution is -0.0987. The minimum absolute atomic E-state index is 0.0705. The van der Waals surface area contributed by atoms with E-state index in [1.165, 1.54) is 12.1 Å². The fourth-order valence-corrected chi connectivity index (χ4v) is 2.32. The second-order valence-corrected chi connectivity index (χ2v) is 4.74. The SMILES string of the molecule is C=O.C=O.C[C@H]1CN(c2ccc(F)cc2)c2cc(N)ccc2O1. The van der Waals surface area contributed by atoms with Crippen molar-refractivity contribution in [3.8, 4) is 5.75 Å². The summed E-state index contributed by atoms with van der Waals surface area (Å²) in [6.45, 7) is 6.72. The van der Waals surface area contributed by atoms with Crippen molar-refractivity contribution in [3.63, 3.8) is 0 Å². The van der Waals surface area contributed by atoms with Crippen LogP contribution in [0.5, 0.6) is 5.75 Å². The first kappa shape index (κ1) is 18.2. The van der Waals surface area contributed by atoms with E-state index >= 15 is 0 Å². The van der Waals surface area contributed by atoms with Crippen LogP contribution in [-0.4, -0.2) is 26.2 Å². The van der Waals surface area contributed by atoms with Gasteiger partial charge in [0.25, 0.3) is 0 Å². The van der Waals surface area contributed by atoms with Crippen LogP contribution in [0.15, 0.2) is 42.5 Å². The Morgan fingerprint density at radius 3 is 2.35 bits per heavy atom. The minimum Gasteiger partial charge on any atom is -0.487 e. The van der Waals surface area contributed by atoms with E-state index in [9.17, 15) is 4.39 Å². The molecule has 0 unspecified atom stereocenters. The van der Waals surface area contributed by atoms with Crippen LogP contribution < -0.4 is 15.4 Å². The number of nitrogens with zero attached hydrogens (tertiary/aromatic N) is 1. The number of carbonyl (C=O) groups is 2. The first-order chi connectivity index (χ1) is 11.1. The summed E-state index contributed by atoms with van der Waals surface area (Å²) in [5.41, 5.74) is 8.38. The molecule has 1 heterocycles. The summed E-state index contributed by atoms with van der Waals surface area (Å²) in [4.78, 5) is 18.1. The standard InChI is InChI=1S/C15H15FN2O.2CH2O/c1-10-9-18(13-5-2-11(16)3-6-13)14-8-12(17)4-7-15(14)19-10;2*1-2/h2-8,10H,9,17H2,1H3;2*1H2/t10-;;/m0../s1. The highest BCUT2D eigenvalue weighted by molar-refractivity contribution is 5.73. The molecule has 5 nitrogen and oxygen atoms in total. The van der Waals surface area contributed by atoms with Crippen molar-refractivity contribution in [1.82, 2.24) is 0 Å². The summed E-state index contributed by atoms with van der Waals surface area (Å²) >= 11 is 0. The van der Waals surface area contributed by atoms with Gasteiger partial charge in [0.15, 0.2) is 0 Å². The van der Waals surface area contributed by atoms with Crippen molar-refractivity contribution in [2.45, 2.75) is 13.0 Å². The number of nitrogens with two attached hydrogens (primary N) is 1. The largest absolute Gasteiger partial charge is 0.487 e. The number of hydrogen-bond donors (Lipinski definition) is 1. The zero-order valence-electron chi connectivity index (χ0n) is 12.9. The topological polar surface area (TPSA) is 72.6 Å². The summed E-state index contributed by atoms with van der Waals surface area (Å²) in [6.07, 6.45) is 0.0705. The average molecular weight is 318 g/mol. The first-order valence-corrected chi connectivity index (χ1v) is 6.80. The number of benzene rings is 2. The van der Waals surface area contributed by atoms with E-state index < -0.39 is 0 Å². The van der Waals surface area contributed by atoms with Crippen molar-refractivity contribution in [3.05, 3.63) is 48.3 Å². The van der Waals surface area contributed by atoms with Gasteiger partial charge in [-0.2, -0.15) is 0 Å². The molecule has 0 aliphatic carbocycles. The molecule has 122 valence electrons. The van der Waals surface area contributed by atoms with Gasteiger partial charge in [-0.3, -0.25) is 0 Å². The third-order valence-electron chi connectivity index (χ3n) is 3.18. The molecule has 6 heteroatoms. The van der Waals surface area contributed by atoms with Gasteiger partial charge in [-0.1, -0.05) is 0 Å². The molecule has 2 N–H and O–H groups in total. The van der Waals surface area contributed by atoms with Crippen molar-refractivity contribution in [1.29, 1.82) is 0 Å². The number of ether oxygens (including phenoxy) is 1. The number of fused-ring (bicyclic) bond motifs is 1. The van der Waals surface area contributed by atoms with Gasteiger partial charge in [-0.25, -0.2) is 4.39 Å². The third-order valence-corrected chi connectivity index (χ3v) is 3.18. The lowest BCUT2D eigenvalue weighted by Crippen LogP contribution is -2.35. The van der Waals surface area contributed by atoms with Crippen molar-refractivity contribution < 1.29 is 18.7 Å². The molecule has 0 amide bonds. The van der Waals surface area contributed by atoms with E-state index in [4.69, 9.17) is 20.1 Å². The average Bonchev–Trinajstić information content (AvgIpc) is 2.59. The minimum atomic E-state index is -0.238. The molecule has 0 bridgehead atoms. The van der Waals surface area contributed by atoms with Crippen LogP contribution in [0.4, 0.5) is 21.5 Å². The molecular formula is C17H19FN2O3. The van der Waals surface area contributed by atoms with E-state index in [-0.39, 0.29) is 11.9 Å². The molecule has 0 saturated heterocycles. The Hall–Kier alpha value is -2.89. The number of rotatable bonds is 1. The number of halogens is 1. The van der Waals surface area contributed by atoms with Gasteiger partial charge in [0.05, 0.1) is 12.2 Å². The highest BCUT2D eigenvalue weighted by Gasteiger charge is 2.24. The summed E-state index contributed by atoms with van der Waals surface area (Å²) in [6, 6.07) is 12.0. The Kier molecular flexibility index (Phi) is 6.73. The lowest BCUT2D eigenvalue weighted by Gasteiger charge is -2.35. The Balaban J connectivity index is 0.000000615. The van der Waals surface area contributed by atoms with Crippen molar-refractivity contribution in [2.75, 3.05) is 17.2 Å². The molecule has 0 aromatic heterocycles. The predicted molar refractivity (Wildman–Crippen MR) is 88.6 cm³/mol. The van der Waals surface area contributed by atoms with E-state index in [0.29, 0.717) is 12.2 Å². The number of nitrogen functional groups attached to an aromatic ring is 1. The molecule has 0 fully saturated rings. The summed E-state index contributed by atoms with van der Waals surface area (Å²) in [5.74, 6) is 0.565. The monoisotopic (exact) mass is 318 g/mol. The van der Waals surface area contributed by atoms with Gasteiger partial charge >= 0.3 is 0 Å². The van der Waals surface area contributed by atoms with Crippen LogP contribution >= 0.6 is 0 Å². The summed E-state index contributed by atoms with van der Waals surface area (Å²) in [5, 5.41) is 0. The molecule has 0 spiro atoms. The molecule has 1 atom stereocenters. The van der Waals surface area contributed by atoms with Crippen LogP contribution in [0, 0.1) is 5.82 Å². The third kappa shape index (κ3) is 4.29. The number of hydrogen-bond acceptors (Lipinski definition) is 5. The zero-order chi connectivity index (χ0) is 17.4. The predicted octanol–water partition coefficient (Wildman–Crippen LogP) is 2.96. The van der Waals surface area contributed by atoms with E-state index in [2.05, 4.69) is 4.90 Å². The molecule has 3 rings (SSSR count). The first-order valence-electron chi connectivity index (χ1n) is 6.80. The maximum Gasteiger partial charge on any atom is 0.143 e. The van der Waals surface area contributed by atoms with Crippen LogP contribution in [0.2, 0.25) is 0 Å². The molecule has 0 radical (unpaired) electrons. The molecule has 23 heavy (non-hydrogen) atoms. The van der Waals surface area contributed by atoms with Gasteiger partial charge in [0.2, 0.25) is 0 Å². The number of carbonyl (C=O) groups excluding carboxylic acids is 2. The van der Waals surface area contributed by atoms with E-state index in [1.807, 2.05) is 38.7 Å². The van der Waals surface area contributed by atoms with Crippen LogP contribution in [0.25, 0.3) is 0 Å². The fraction of sp³-hybridized carbons (Fsp3) is 0.176. The van der Waals surface area contributed by atoms with Gasteiger partial charge in [0.1, 0.15) is 31.2 Å². The molecular weight excluding hydrogens is 299 g/mol. The second kappa shape index (κ2) is 8.53. The maximum atomic E-state index is 13.0. The molecule has 1 aliphatic rings. The molecule has 2 aromatic carbocycles. The van der Waals surface area contributed by atoms with Gasteiger partial charge in [0, 0.05) is 11.4 Å². The lowest BCUT2D eigenvalue weighted by atomic mass is 10.1. The Morgan fingerprint density at radius 1 is 1.13 bits per heavy atom. The van der Waals surface area contributed by atoms with E-state index in [1.54, 1.807) is 12.1 Å². The normalized spacial score (nSPS) is 15.0. The van der Waals surface area contributed by atoms with Crippen LogP contribution in [0.3, 0.4) is 0 Å². The maximum absolute atomic E-state index is 13.0. The summed E-state index contributed by atoms with van der Waals surface area (Å²) < 4.78 is 18.8. The smallest absolute Gasteiger partial charge is 0.143 e. The Labute approximate surface area is 134 Å². The quantitative estimate of drug-likeness (QED) is 0.818. The molecule has 2 aromatic rings. The van der Waals surface area contributed by atoms with E-state index in [0.717, 1.165) is 17.1 Å². The second-order valence-electron chi connectivity index (χ2n) is 4.74. The molecule has 1 aliphatic heterocycles. The van der Waals surface area contributed by atoms with Crippen LogP contribution in [-0.2, 0) is 9.59 Å². The van der Waals surface area contributed by atoms with Gasteiger partial charge < -0.3 is 25.0 Å². The Bertz CT molecular complexity index is 632. The van der Waals surface area contributed by atoms with Crippen molar-refractivity contribution >= 4 is 30.6 Å². The highest BCUT2D eigenvalue weighted by atomic mass is 19.1. The van der Waals surface area contributed by atoms with Gasteiger partial charge in [-0.15, -0.1) is 0 Å². The zero-order valence-corrected chi connectivity index (χ0v) is 12.9.